The van der Waals surface area contributed by atoms with Crippen LogP contribution in [0.3, 0.4) is 0 Å². The Balaban J connectivity index is 1.44. The molecule has 1 saturated heterocycles. The van der Waals surface area contributed by atoms with E-state index in [0.717, 1.165) is 41.1 Å². The van der Waals surface area contributed by atoms with E-state index in [-0.39, 0.29) is 30.1 Å². The molecule has 2 aliphatic rings. The summed E-state index contributed by atoms with van der Waals surface area (Å²) in [6, 6.07) is 8.31. The zero-order valence-corrected chi connectivity index (χ0v) is 21.3. The number of alkyl halides is 3. The van der Waals surface area contributed by atoms with Crippen LogP contribution in [0.4, 0.5) is 18.0 Å². The lowest BCUT2D eigenvalue weighted by molar-refractivity contribution is -0.136. The number of aromatic nitrogens is 5. The molecule has 1 aliphatic heterocycles. The van der Waals surface area contributed by atoms with Crippen LogP contribution in [-0.2, 0) is 24.5 Å². The zero-order valence-electron chi connectivity index (χ0n) is 21.3. The second kappa shape index (κ2) is 9.58. The number of imidazole rings is 1. The number of cyclic esters (lactones) is 1. The number of halogens is 3. The molecule has 0 radical (unpaired) electrons. The number of benzene rings is 1. The van der Waals surface area contributed by atoms with Crippen LogP contribution in [-0.4, -0.2) is 47.9 Å². The van der Waals surface area contributed by atoms with Crippen LogP contribution in [0.25, 0.3) is 11.2 Å². The van der Waals surface area contributed by atoms with Crippen molar-refractivity contribution < 1.29 is 22.7 Å². The minimum absolute atomic E-state index is 0.0411. The van der Waals surface area contributed by atoms with Gasteiger partial charge in [-0.1, -0.05) is 18.6 Å². The first kappa shape index (κ1) is 25.2. The molecule has 12 heteroatoms. The second-order valence-corrected chi connectivity index (χ2v) is 10.2. The van der Waals surface area contributed by atoms with Gasteiger partial charge in [-0.3, -0.25) is 8.97 Å². The lowest BCUT2D eigenvalue weighted by Crippen LogP contribution is -2.37. The van der Waals surface area contributed by atoms with E-state index in [2.05, 4.69) is 10.2 Å². The Morgan fingerprint density at radius 3 is 2.62 bits per heavy atom. The quantitative estimate of drug-likeness (QED) is 0.359. The Labute approximate surface area is 221 Å². The number of fused-ring (bicyclic) bond motifs is 1. The van der Waals surface area contributed by atoms with Gasteiger partial charge in [-0.05, 0) is 54.5 Å². The molecule has 1 aromatic carbocycles. The first-order chi connectivity index (χ1) is 18.7. The van der Waals surface area contributed by atoms with Crippen molar-refractivity contribution >= 4 is 11.6 Å². The molecule has 0 bridgehead atoms. The van der Waals surface area contributed by atoms with Gasteiger partial charge in [0.1, 0.15) is 12.2 Å². The SMILES string of the molecule is Cn1cnnc1[C@@H](c1cccc(-n2cc3c(C(F)(F)F)cc(CN4CCCOC4=O)cn3c2=O)c1)C1CCC1. The van der Waals surface area contributed by atoms with Gasteiger partial charge < -0.3 is 14.2 Å². The molecule has 1 aliphatic carbocycles. The number of hydrogen-bond donors (Lipinski definition) is 0. The Morgan fingerprint density at radius 2 is 1.95 bits per heavy atom. The third kappa shape index (κ3) is 4.57. The van der Waals surface area contributed by atoms with Crippen molar-refractivity contribution in [2.45, 2.75) is 44.3 Å². The van der Waals surface area contributed by atoms with E-state index in [1.807, 2.05) is 23.7 Å². The van der Waals surface area contributed by atoms with Crippen LogP contribution >= 0.6 is 0 Å². The standard InChI is InChI=1S/C27H27F3N6O3/c1-33-16-31-32-24(33)23(18-5-2-6-18)19-7-3-8-20(12-19)35-15-22-21(27(28,29)30)11-17(14-36(22)25(35)37)13-34-9-4-10-39-26(34)38/h3,7-8,11-12,14-16,18,23H,2,4-6,9-10,13H2,1H3/t23-/m1/s1. The molecule has 4 aromatic rings. The minimum atomic E-state index is -4.70. The van der Waals surface area contributed by atoms with Gasteiger partial charge in [-0.25, -0.2) is 9.59 Å². The van der Waals surface area contributed by atoms with Gasteiger partial charge in [-0.15, -0.1) is 10.2 Å². The lowest BCUT2D eigenvalue weighted by Gasteiger charge is -2.33. The first-order valence-electron chi connectivity index (χ1n) is 12.9. The van der Waals surface area contributed by atoms with Crippen molar-refractivity contribution in [2.75, 3.05) is 13.2 Å². The smallest absolute Gasteiger partial charge is 0.418 e. The maximum atomic E-state index is 14.2. The van der Waals surface area contributed by atoms with E-state index in [1.54, 1.807) is 18.5 Å². The number of amides is 1. The number of aryl methyl sites for hydroxylation is 1. The predicted octanol–water partition coefficient (Wildman–Crippen LogP) is 4.51. The monoisotopic (exact) mass is 540 g/mol. The van der Waals surface area contributed by atoms with Gasteiger partial charge in [0.05, 0.1) is 29.9 Å². The summed E-state index contributed by atoms with van der Waals surface area (Å²) in [7, 11) is 1.88. The van der Waals surface area contributed by atoms with E-state index in [0.29, 0.717) is 24.6 Å². The normalized spacial score (nSPS) is 17.3. The molecule has 1 saturated carbocycles. The summed E-state index contributed by atoms with van der Waals surface area (Å²) in [6.07, 6.45) is 2.75. The second-order valence-electron chi connectivity index (χ2n) is 10.2. The van der Waals surface area contributed by atoms with Crippen molar-refractivity contribution in [3.8, 4) is 5.69 Å². The average Bonchev–Trinajstić information content (AvgIpc) is 3.44. The molecule has 204 valence electrons. The molecule has 1 atom stereocenters. The molecule has 4 heterocycles. The molecule has 39 heavy (non-hydrogen) atoms. The zero-order chi connectivity index (χ0) is 27.3. The Hall–Kier alpha value is -4.09. The summed E-state index contributed by atoms with van der Waals surface area (Å²) in [5.41, 5.74) is -0.252. The summed E-state index contributed by atoms with van der Waals surface area (Å²) < 4.78 is 51.6. The van der Waals surface area contributed by atoms with Crippen molar-refractivity contribution in [1.82, 2.24) is 28.6 Å². The largest absolute Gasteiger partial charge is 0.449 e. The van der Waals surface area contributed by atoms with Gasteiger partial charge in [0.2, 0.25) is 0 Å². The molecule has 3 aromatic heterocycles. The summed E-state index contributed by atoms with van der Waals surface area (Å²) in [5.74, 6) is 1.14. The molecule has 2 fully saturated rings. The van der Waals surface area contributed by atoms with Crippen LogP contribution < -0.4 is 5.69 Å². The van der Waals surface area contributed by atoms with Gasteiger partial charge in [0.25, 0.3) is 0 Å². The number of rotatable bonds is 6. The number of carbonyl (C=O) groups is 1. The fourth-order valence-electron chi connectivity index (χ4n) is 5.55. The van der Waals surface area contributed by atoms with Gasteiger partial charge >= 0.3 is 18.0 Å². The van der Waals surface area contributed by atoms with Crippen LogP contribution in [0.15, 0.2) is 53.8 Å². The van der Waals surface area contributed by atoms with Crippen molar-refractivity contribution in [3.63, 3.8) is 0 Å². The lowest BCUT2D eigenvalue weighted by atomic mass is 9.72. The highest BCUT2D eigenvalue weighted by atomic mass is 19.4. The molecular formula is C27H27F3N6O3. The van der Waals surface area contributed by atoms with Crippen molar-refractivity contribution in [1.29, 1.82) is 0 Å². The van der Waals surface area contributed by atoms with Crippen LogP contribution in [0.5, 0.6) is 0 Å². The maximum Gasteiger partial charge on any atom is 0.418 e. The van der Waals surface area contributed by atoms with Crippen LogP contribution in [0.1, 0.15) is 54.1 Å². The number of nitrogens with zero attached hydrogens (tertiary/aromatic N) is 6. The van der Waals surface area contributed by atoms with E-state index < -0.39 is 23.5 Å². The van der Waals surface area contributed by atoms with Gasteiger partial charge in [0.15, 0.2) is 0 Å². The fraction of sp³-hybridized carbons (Fsp3) is 0.407. The van der Waals surface area contributed by atoms with E-state index in [4.69, 9.17) is 4.74 Å². The number of pyridine rings is 1. The van der Waals surface area contributed by atoms with Crippen molar-refractivity contribution in [2.24, 2.45) is 13.0 Å². The average molecular weight is 541 g/mol. The van der Waals surface area contributed by atoms with Crippen LogP contribution in [0, 0.1) is 5.92 Å². The number of hydrogen-bond acceptors (Lipinski definition) is 5. The predicted molar refractivity (Wildman–Crippen MR) is 135 cm³/mol. The Kier molecular flexibility index (Phi) is 6.19. The number of ether oxygens (including phenoxy) is 1. The molecule has 0 unspecified atom stereocenters. The molecule has 9 nitrogen and oxygen atoms in total. The first-order valence-corrected chi connectivity index (χ1v) is 12.9. The summed E-state index contributed by atoms with van der Waals surface area (Å²) in [4.78, 5) is 26.9. The van der Waals surface area contributed by atoms with E-state index >= 15 is 0 Å². The topological polar surface area (TPSA) is 86.7 Å². The Morgan fingerprint density at radius 1 is 1.13 bits per heavy atom. The third-order valence-electron chi connectivity index (χ3n) is 7.71. The van der Waals surface area contributed by atoms with E-state index in [1.165, 1.54) is 21.9 Å². The van der Waals surface area contributed by atoms with Gasteiger partial charge in [0, 0.05) is 31.9 Å². The van der Waals surface area contributed by atoms with Crippen molar-refractivity contribution in [3.05, 3.63) is 82.1 Å². The maximum absolute atomic E-state index is 14.2. The minimum Gasteiger partial charge on any atom is -0.449 e. The summed E-state index contributed by atoms with van der Waals surface area (Å²) >= 11 is 0. The summed E-state index contributed by atoms with van der Waals surface area (Å²) in [5, 5.41) is 8.37. The molecule has 1 amide bonds. The molecule has 6 rings (SSSR count). The van der Waals surface area contributed by atoms with Gasteiger partial charge in [-0.2, -0.15) is 13.2 Å². The van der Waals surface area contributed by atoms with Crippen LogP contribution in [0.2, 0.25) is 0 Å². The van der Waals surface area contributed by atoms with E-state index in [9.17, 15) is 22.8 Å². The fourth-order valence-corrected chi connectivity index (χ4v) is 5.55. The molecule has 0 N–H and O–H groups in total. The summed E-state index contributed by atoms with van der Waals surface area (Å²) in [6.45, 7) is 0.558. The highest BCUT2D eigenvalue weighted by Crippen LogP contribution is 2.43. The third-order valence-corrected chi connectivity index (χ3v) is 7.71. The number of carbonyl (C=O) groups excluding carboxylic acids is 1. The Bertz CT molecular complexity index is 1600. The molecular weight excluding hydrogens is 513 g/mol. The highest BCUT2D eigenvalue weighted by molar-refractivity contribution is 5.68. The molecule has 0 spiro atoms. The highest BCUT2D eigenvalue weighted by Gasteiger charge is 2.36.